The number of nitrogens with zero attached hydrogens (tertiary/aromatic N) is 2. The molecule has 0 bridgehead atoms. The van der Waals surface area contributed by atoms with Gasteiger partial charge in [-0.25, -0.2) is 8.42 Å². The van der Waals surface area contributed by atoms with Gasteiger partial charge in [-0.05, 0) is 98.5 Å². The van der Waals surface area contributed by atoms with Gasteiger partial charge in [0.15, 0.2) is 0 Å². The standard InChI is InChI=1S/C29H31N3O3S/c1-19-17-20(2)22(4)29(21(19)3)36(34,35)31-26-9-5-7-25-8-6-16-32(28(25)26)27(33)15-14-23-10-12-24(18-30)13-11-23/h5,7,9-13,17,31H,6,8,14-16H2,1-4H3. The van der Waals surface area contributed by atoms with E-state index in [2.05, 4.69) is 10.8 Å². The zero-order chi connectivity index (χ0) is 26.0. The molecule has 0 aliphatic carbocycles. The number of hydrogen-bond donors (Lipinski definition) is 1. The van der Waals surface area contributed by atoms with E-state index in [0.717, 1.165) is 46.2 Å². The van der Waals surface area contributed by atoms with E-state index in [9.17, 15) is 13.2 Å². The summed E-state index contributed by atoms with van der Waals surface area (Å²) in [5.41, 5.74) is 6.91. The van der Waals surface area contributed by atoms with Gasteiger partial charge in [-0.1, -0.05) is 30.3 Å². The predicted octanol–water partition coefficient (Wildman–Crippen LogP) is 5.50. The molecule has 3 aromatic rings. The molecule has 1 aliphatic heterocycles. The number of fused-ring (bicyclic) bond motifs is 1. The molecule has 0 unspecified atom stereocenters. The van der Waals surface area contributed by atoms with Gasteiger partial charge in [0.25, 0.3) is 10.0 Å². The first-order chi connectivity index (χ1) is 17.1. The quantitative estimate of drug-likeness (QED) is 0.483. The minimum atomic E-state index is -3.88. The van der Waals surface area contributed by atoms with Crippen LogP contribution in [0.25, 0.3) is 0 Å². The number of sulfonamides is 1. The lowest BCUT2D eigenvalue weighted by Crippen LogP contribution is -2.36. The molecule has 3 aromatic carbocycles. The number of rotatable bonds is 6. The van der Waals surface area contributed by atoms with E-state index in [0.29, 0.717) is 41.2 Å². The van der Waals surface area contributed by atoms with E-state index < -0.39 is 10.0 Å². The number of nitrogens with one attached hydrogen (secondary N) is 1. The zero-order valence-electron chi connectivity index (χ0n) is 21.2. The van der Waals surface area contributed by atoms with Crippen LogP contribution in [0.2, 0.25) is 0 Å². The van der Waals surface area contributed by atoms with Crippen molar-refractivity contribution in [3.8, 4) is 6.07 Å². The third-order valence-electron chi connectivity index (χ3n) is 7.04. The van der Waals surface area contributed by atoms with Crippen LogP contribution in [-0.2, 0) is 27.7 Å². The van der Waals surface area contributed by atoms with Gasteiger partial charge in [-0.15, -0.1) is 0 Å². The smallest absolute Gasteiger partial charge is 0.262 e. The molecule has 0 saturated carbocycles. The number of aryl methyl sites for hydroxylation is 4. The highest BCUT2D eigenvalue weighted by Gasteiger charge is 2.28. The van der Waals surface area contributed by atoms with Crippen molar-refractivity contribution in [2.24, 2.45) is 0 Å². The summed E-state index contributed by atoms with van der Waals surface area (Å²) < 4.78 is 30.1. The van der Waals surface area contributed by atoms with Crippen molar-refractivity contribution in [1.29, 1.82) is 5.26 Å². The molecule has 0 atom stereocenters. The first kappa shape index (κ1) is 25.5. The van der Waals surface area contributed by atoms with Crippen molar-refractivity contribution in [2.45, 2.75) is 58.3 Å². The lowest BCUT2D eigenvalue weighted by molar-refractivity contribution is -0.118. The Morgan fingerprint density at radius 2 is 1.69 bits per heavy atom. The average Bonchev–Trinajstić information content (AvgIpc) is 2.86. The van der Waals surface area contributed by atoms with Gasteiger partial charge in [-0.3, -0.25) is 9.52 Å². The Hall–Kier alpha value is -3.63. The molecule has 186 valence electrons. The Balaban J connectivity index is 1.64. The van der Waals surface area contributed by atoms with Crippen molar-refractivity contribution in [1.82, 2.24) is 0 Å². The Morgan fingerprint density at radius 1 is 1.03 bits per heavy atom. The molecule has 0 spiro atoms. The summed E-state index contributed by atoms with van der Waals surface area (Å²) in [6, 6.07) is 16.9. The number of benzene rings is 3. The molecule has 0 aromatic heterocycles. The molecular weight excluding hydrogens is 470 g/mol. The molecule has 0 radical (unpaired) electrons. The summed E-state index contributed by atoms with van der Waals surface area (Å²) in [6.07, 6.45) is 2.44. The summed E-state index contributed by atoms with van der Waals surface area (Å²) >= 11 is 0. The molecule has 36 heavy (non-hydrogen) atoms. The largest absolute Gasteiger partial charge is 0.310 e. The van der Waals surface area contributed by atoms with Crippen molar-refractivity contribution < 1.29 is 13.2 Å². The lowest BCUT2D eigenvalue weighted by Gasteiger charge is -2.32. The molecule has 7 heteroatoms. The lowest BCUT2D eigenvalue weighted by atomic mass is 9.99. The van der Waals surface area contributed by atoms with Crippen LogP contribution in [0.4, 0.5) is 11.4 Å². The fraction of sp³-hybridized carbons (Fsp3) is 0.310. The molecular formula is C29H31N3O3S. The minimum absolute atomic E-state index is 0.0503. The third kappa shape index (κ3) is 5.00. The molecule has 1 heterocycles. The van der Waals surface area contributed by atoms with Gasteiger partial charge in [0.2, 0.25) is 5.91 Å². The van der Waals surface area contributed by atoms with E-state index in [1.165, 1.54) is 0 Å². The van der Waals surface area contributed by atoms with Crippen molar-refractivity contribution >= 4 is 27.3 Å². The molecule has 1 aliphatic rings. The summed E-state index contributed by atoms with van der Waals surface area (Å²) in [4.78, 5) is 15.4. The molecule has 0 saturated heterocycles. The molecule has 1 amide bonds. The van der Waals surface area contributed by atoms with Crippen molar-refractivity contribution in [3.63, 3.8) is 0 Å². The summed E-state index contributed by atoms with van der Waals surface area (Å²) in [7, 11) is -3.88. The maximum atomic E-state index is 13.6. The maximum absolute atomic E-state index is 13.6. The summed E-state index contributed by atoms with van der Waals surface area (Å²) in [5, 5.41) is 8.99. The van der Waals surface area contributed by atoms with Crippen LogP contribution < -0.4 is 9.62 Å². The molecule has 6 nitrogen and oxygen atoms in total. The van der Waals surface area contributed by atoms with Crippen LogP contribution in [0.5, 0.6) is 0 Å². The highest BCUT2D eigenvalue weighted by molar-refractivity contribution is 7.92. The summed E-state index contributed by atoms with van der Waals surface area (Å²) in [5.74, 6) is -0.0503. The Morgan fingerprint density at radius 3 is 2.33 bits per heavy atom. The molecule has 1 N–H and O–H groups in total. The van der Waals surface area contributed by atoms with Gasteiger partial charge >= 0.3 is 0 Å². The SMILES string of the molecule is Cc1cc(C)c(C)c(S(=O)(=O)Nc2cccc3c2N(C(=O)CCc2ccc(C#N)cc2)CCC3)c1C. The monoisotopic (exact) mass is 501 g/mol. The van der Waals surface area contributed by atoms with Crippen molar-refractivity contribution in [3.05, 3.63) is 87.5 Å². The third-order valence-corrected chi connectivity index (χ3v) is 8.68. The van der Waals surface area contributed by atoms with Gasteiger partial charge in [0.05, 0.1) is 27.9 Å². The second-order valence-corrected chi connectivity index (χ2v) is 11.1. The first-order valence-corrected chi connectivity index (χ1v) is 13.6. The predicted molar refractivity (Wildman–Crippen MR) is 143 cm³/mol. The van der Waals surface area contributed by atoms with Crippen LogP contribution in [0.3, 0.4) is 0 Å². The topological polar surface area (TPSA) is 90.3 Å². The highest BCUT2D eigenvalue weighted by atomic mass is 32.2. The summed E-state index contributed by atoms with van der Waals surface area (Å²) in [6.45, 7) is 8.03. The highest BCUT2D eigenvalue weighted by Crippen LogP contribution is 2.37. The average molecular weight is 502 g/mol. The number of amides is 1. The Kier molecular flexibility index (Phi) is 7.18. The number of nitriles is 1. The van der Waals surface area contributed by atoms with Crippen LogP contribution in [0.15, 0.2) is 53.4 Å². The molecule has 4 rings (SSSR count). The van der Waals surface area contributed by atoms with Crippen molar-refractivity contribution in [2.75, 3.05) is 16.2 Å². The van der Waals surface area contributed by atoms with Gasteiger partial charge in [-0.2, -0.15) is 5.26 Å². The van der Waals surface area contributed by atoms with Gasteiger partial charge < -0.3 is 4.90 Å². The Bertz CT molecular complexity index is 1440. The van der Waals surface area contributed by atoms with E-state index >= 15 is 0 Å². The van der Waals surface area contributed by atoms with Crippen LogP contribution in [0.1, 0.15) is 51.8 Å². The van der Waals surface area contributed by atoms with Crippen LogP contribution in [-0.4, -0.2) is 20.9 Å². The van der Waals surface area contributed by atoms with Crippen LogP contribution in [0, 0.1) is 39.0 Å². The van der Waals surface area contributed by atoms with E-state index in [4.69, 9.17) is 5.26 Å². The minimum Gasteiger partial charge on any atom is -0.310 e. The van der Waals surface area contributed by atoms with E-state index in [-0.39, 0.29) is 5.91 Å². The zero-order valence-corrected chi connectivity index (χ0v) is 22.0. The van der Waals surface area contributed by atoms with E-state index in [1.54, 1.807) is 23.1 Å². The fourth-order valence-electron chi connectivity index (χ4n) is 4.89. The second kappa shape index (κ2) is 10.2. The number of hydrogen-bond acceptors (Lipinski definition) is 4. The fourth-order valence-corrected chi connectivity index (χ4v) is 6.58. The number of anilines is 2. The van der Waals surface area contributed by atoms with Crippen LogP contribution >= 0.6 is 0 Å². The maximum Gasteiger partial charge on any atom is 0.262 e. The van der Waals surface area contributed by atoms with Gasteiger partial charge in [0.1, 0.15) is 0 Å². The Labute approximate surface area is 213 Å². The second-order valence-electron chi connectivity index (χ2n) is 9.47. The normalized spacial score (nSPS) is 13.1. The van der Waals surface area contributed by atoms with E-state index in [1.807, 2.05) is 58.0 Å². The number of carbonyl (C=O) groups is 1. The molecule has 0 fully saturated rings. The number of carbonyl (C=O) groups excluding carboxylic acids is 1. The van der Waals surface area contributed by atoms with Gasteiger partial charge in [0, 0.05) is 13.0 Å². The first-order valence-electron chi connectivity index (χ1n) is 12.1. The number of para-hydroxylation sites is 1.